The molecule has 0 unspecified atom stereocenters. The third-order valence-corrected chi connectivity index (χ3v) is 2.12. The van der Waals surface area contributed by atoms with Gasteiger partial charge in [0.05, 0.1) is 0 Å². The minimum Gasteiger partial charge on any atom is -0.351 e. The summed E-state index contributed by atoms with van der Waals surface area (Å²) in [4.78, 5) is 11.7. The van der Waals surface area contributed by atoms with Crippen molar-refractivity contribution < 1.29 is 4.79 Å². The molecule has 1 N–H and O–H groups in total. The second-order valence-electron chi connectivity index (χ2n) is 5.61. The molecule has 0 aromatic heterocycles. The van der Waals surface area contributed by atoms with Crippen molar-refractivity contribution >= 4 is 5.91 Å². The van der Waals surface area contributed by atoms with Gasteiger partial charge in [-0.05, 0) is 33.1 Å². The van der Waals surface area contributed by atoms with Gasteiger partial charge in [-0.1, -0.05) is 27.2 Å². The first-order chi connectivity index (χ1) is 6.22. The van der Waals surface area contributed by atoms with Gasteiger partial charge < -0.3 is 5.32 Å². The maximum atomic E-state index is 11.7. The number of rotatable bonds is 4. The summed E-state index contributed by atoms with van der Waals surface area (Å²) in [6, 6.07) is 0. The summed E-state index contributed by atoms with van der Waals surface area (Å²) < 4.78 is 0. The lowest BCUT2D eigenvalue weighted by atomic mass is 9.97. The molecule has 84 valence electrons. The monoisotopic (exact) mass is 199 g/mol. The van der Waals surface area contributed by atoms with Gasteiger partial charge in [0.2, 0.25) is 5.91 Å². The summed E-state index contributed by atoms with van der Waals surface area (Å²) in [6.45, 7) is 12.4. The number of amides is 1. The van der Waals surface area contributed by atoms with Crippen molar-refractivity contribution in [2.24, 2.45) is 11.8 Å². The van der Waals surface area contributed by atoms with Gasteiger partial charge in [0, 0.05) is 11.5 Å². The van der Waals surface area contributed by atoms with Gasteiger partial charge in [-0.3, -0.25) is 4.79 Å². The summed E-state index contributed by atoms with van der Waals surface area (Å²) in [5.41, 5.74) is -0.108. The highest BCUT2D eigenvalue weighted by Crippen LogP contribution is 2.13. The van der Waals surface area contributed by atoms with E-state index in [4.69, 9.17) is 0 Å². The molecule has 0 radical (unpaired) electrons. The van der Waals surface area contributed by atoms with E-state index >= 15 is 0 Å². The number of carbonyl (C=O) groups is 1. The summed E-state index contributed by atoms with van der Waals surface area (Å²) in [5.74, 6) is 0.995. The summed E-state index contributed by atoms with van der Waals surface area (Å²) in [5, 5.41) is 3.00. The van der Waals surface area contributed by atoms with E-state index in [2.05, 4.69) is 19.2 Å². The van der Waals surface area contributed by atoms with Crippen molar-refractivity contribution in [2.75, 3.05) is 0 Å². The van der Waals surface area contributed by atoms with E-state index in [1.54, 1.807) is 0 Å². The van der Waals surface area contributed by atoms with Gasteiger partial charge in [-0.25, -0.2) is 0 Å². The standard InChI is InChI=1S/C12H25NO/c1-9(2)7-8-10(3)11(14)13-12(4,5)6/h9-10H,7-8H2,1-6H3,(H,13,14)/t10-/m0/s1. The molecule has 1 amide bonds. The van der Waals surface area contributed by atoms with E-state index in [-0.39, 0.29) is 17.4 Å². The van der Waals surface area contributed by atoms with Crippen molar-refractivity contribution in [1.29, 1.82) is 0 Å². The average Bonchev–Trinajstić information content (AvgIpc) is 1.96. The fraction of sp³-hybridized carbons (Fsp3) is 0.917. The van der Waals surface area contributed by atoms with Crippen molar-refractivity contribution in [3.63, 3.8) is 0 Å². The minimum atomic E-state index is -0.108. The Morgan fingerprint density at radius 2 is 1.64 bits per heavy atom. The molecule has 0 rings (SSSR count). The van der Waals surface area contributed by atoms with Crippen LogP contribution in [0.3, 0.4) is 0 Å². The molecule has 14 heavy (non-hydrogen) atoms. The molecule has 0 aromatic carbocycles. The molecule has 0 bridgehead atoms. The Morgan fingerprint density at radius 1 is 1.14 bits per heavy atom. The normalized spacial score (nSPS) is 14.2. The quantitative estimate of drug-likeness (QED) is 0.741. The third-order valence-electron chi connectivity index (χ3n) is 2.12. The lowest BCUT2D eigenvalue weighted by Crippen LogP contribution is -2.43. The van der Waals surface area contributed by atoms with Gasteiger partial charge in [-0.15, -0.1) is 0 Å². The van der Waals surface area contributed by atoms with E-state index in [9.17, 15) is 4.79 Å². The van der Waals surface area contributed by atoms with E-state index in [1.165, 1.54) is 0 Å². The zero-order chi connectivity index (χ0) is 11.4. The van der Waals surface area contributed by atoms with Crippen LogP contribution < -0.4 is 5.32 Å². The second kappa shape index (κ2) is 5.38. The van der Waals surface area contributed by atoms with Crippen molar-refractivity contribution in [2.45, 2.75) is 59.9 Å². The molecular formula is C12H25NO. The molecule has 2 nitrogen and oxygen atoms in total. The molecule has 0 fully saturated rings. The van der Waals surface area contributed by atoms with Crippen LogP contribution in [0.15, 0.2) is 0 Å². The Hall–Kier alpha value is -0.530. The molecular weight excluding hydrogens is 174 g/mol. The predicted molar refractivity (Wildman–Crippen MR) is 61.1 cm³/mol. The Bertz CT molecular complexity index is 179. The zero-order valence-electron chi connectivity index (χ0n) is 10.5. The van der Waals surface area contributed by atoms with E-state index in [1.807, 2.05) is 27.7 Å². The zero-order valence-corrected chi connectivity index (χ0v) is 10.5. The topological polar surface area (TPSA) is 29.1 Å². The van der Waals surface area contributed by atoms with E-state index in [0.29, 0.717) is 5.92 Å². The molecule has 0 saturated carbocycles. The molecule has 1 atom stereocenters. The molecule has 0 aliphatic rings. The first-order valence-corrected chi connectivity index (χ1v) is 5.54. The van der Waals surface area contributed by atoms with Crippen LogP contribution in [0.2, 0.25) is 0 Å². The fourth-order valence-electron chi connectivity index (χ4n) is 1.21. The predicted octanol–water partition coefficient (Wildman–Crippen LogP) is 2.97. The van der Waals surface area contributed by atoms with E-state index in [0.717, 1.165) is 12.8 Å². The van der Waals surface area contributed by atoms with Crippen LogP contribution in [0.25, 0.3) is 0 Å². The Morgan fingerprint density at radius 3 is 2.00 bits per heavy atom. The molecule has 0 heterocycles. The van der Waals surface area contributed by atoms with Crippen LogP contribution in [0.4, 0.5) is 0 Å². The number of hydrogen-bond acceptors (Lipinski definition) is 1. The van der Waals surface area contributed by atoms with Gasteiger partial charge in [0.1, 0.15) is 0 Å². The third kappa shape index (κ3) is 6.93. The molecule has 2 heteroatoms. The molecule has 0 spiro atoms. The van der Waals surface area contributed by atoms with Gasteiger partial charge in [0.25, 0.3) is 0 Å². The number of hydrogen-bond donors (Lipinski definition) is 1. The minimum absolute atomic E-state index is 0.108. The maximum Gasteiger partial charge on any atom is 0.223 e. The summed E-state index contributed by atoms with van der Waals surface area (Å²) in [6.07, 6.45) is 2.11. The van der Waals surface area contributed by atoms with E-state index < -0.39 is 0 Å². The molecule has 0 aliphatic heterocycles. The average molecular weight is 199 g/mol. The molecule has 0 aliphatic carbocycles. The van der Waals surface area contributed by atoms with Crippen LogP contribution in [0, 0.1) is 11.8 Å². The summed E-state index contributed by atoms with van der Waals surface area (Å²) >= 11 is 0. The van der Waals surface area contributed by atoms with Crippen LogP contribution >= 0.6 is 0 Å². The first kappa shape index (κ1) is 13.5. The van der Waals surface area contributed by atoms with Crippen LogP contribution in [0.1, 0.15) is 54.4 Å². The van der Waals surface area contributed by atoms with Gasteiger partial charge in [0.15, 0.2) is 0 Å². The number of carbonyl (C=O) groups excluding carboxylic acids is 1. The lowest BCUT2D eigenvalue weighted by molar-refractivity contribution is -0.126. The van der Waals surface area contributed by atoms with Crippen molar-refractivity contribution in [3.05, 3.63) is 0 Å². The SMILES string of the molecule is CC(C)CC[C@H](C)C(=O)NC(C)(C)C. The highest BCUT2D eigenvalue weighted by molar-refractivity contribution is 5.78. The van der Waals surface area contributed by atoms with Crippen molar-refractivity contribution in [1.82, 2.24) is 5.32 Å². The van der Waals surface area contributed by atoms with Crippen LogP contribution in [-0.2, 0) is 4.79 Å². The lowest BCUT2D eigenvalue weighted by Gasteiger charge is -2.23. The van der Waals surface area contributed by atoms with Crippen molar-refractivity contribution in [3.8, 4) is 0 Å². The summed E-state index contributed by atoms with van der Waals surface area (Å²) in [7, 11) is 0. The molecule has 0 saturated heterocycles. The first-order valence-electron chi connectivity index (χ1n) is 5.54. The van der Waals surface area contributed by atoms with Gasteiger partial charge >= 0.3 is 0 Å². The Balaban J connectivity index is 3.88. The molecule has 0 aromatic rings. The van der Waals surface area contributed by atoms with Crippen LogP contribution in [-0.4, -0.2) is 11.4 Å². The highest BCUT2D eigenvalue weighted by atomic mass is 16.2. The number of nitrogens with one attached hydrogen (secondary N) is 1. The largest absolute Gasteiger partial charge is 0.351 e. The second-order valence-corrected chi connectivity index (χ2v) is 5.61. The smallest absolute Gasteiger partial charge is 0.223 e. The fourth-order valence-corrected chi connectivity index (χ4v) is 1.21. The maximum absolute atomic E-state index is 11.7. The van der Waals surface area contributed by atoms with Gasteiger partial charge in [-0.2, -0.15) is 0 Å². The highest BCUT2D eigenvalue weighted by Gasteiger charge is 2.18. The van der Waals surface area contributed by atoms with Crippen LogP contribution in [0.5, 0.6) is 0 Å². The Kier molecular flexibility index (Phi) is 5.17. The Labute approximate surface area is 88.5 Å².